The van der Waals surface area contributed by atoms with E-state index in [1.54, 1.807) is 0 Å². The Morgan fingerprint density at radius 2 is 2.13 bits per heavy atom. The molecule has 1 aromatic heterocycles. The van der Waals surface area contributed by atoms with Crippen LogP contribution in [0.4, 0.5) is 0 Å². The predicted octanol–water partition coefficient (Wildman–Crippen LogP) is 3.60. The molecule has 3 heteroatoms. The van der Waals surface area contributed by atoms with E-state index in [9.17, 15) is 0 Å². The fourth-order valence-electron chi connectivity index (χ4n) is 1.63. The third-order valence-electron chi connectivity index (χ3n) is 2.41. The molecule has 0 saturated heterocycles. The quantitative estimate of drug-likeness (QED) is 0.717. The molecule has 0 aliphatic carbocycles. The lowest BCUT2D eigenvalue weighted by Crippen LogP contribution is -2.10. The summed E-state index contributed by atoms with van der Waals surface area (Å²) in [5.74, 6) is 0.984. The largest absolute Gasteiger partial charge is 0.478 e. The highest BCUT2D eigenvalue weighted by molar-refractivity contribution is 6.20. The van der Waals surface area contributed by atoms with Crippen molar-refractivity contribution in [1.29, 1.82) is 0 Å². The Bertz CT molecular complexity index is 301. The highest BCUT2D eigenvalue weighted by atomic mass is 35.5. The number of alkyl halides is 1. The zero-order chi connectivity index (χ0) is 11.3. The minimum atomic E-state index is 0.0966. The molecule has 0 fully saturated rings. The molecule has 1 rings (SSSR count). The first-order valence-electron chi connectivity index (χ1n) is 5.42. The number of pyridine rings is 1. The van der Waals surface area contributed by atoms with Gasteiger partial charge in [0, 0.05) is 23.1 Å². The minimum absolute atomic E-state index is 0.0966. The van der Waals surface area contributed by atoms with Crippen LogP contribution in [0.15, 0.2) is 18.2 Å². The van der Waals surface area contributed by atoms with Crippen LogP contribution >= 0.6 is 11.6 Å². The maximum atomic E-state index is 6.13. The third-order valence-corrected chi connectivity index (χ3v) is 2.72. The monoisotopic (exact) mass is 227 g/mol. The molecule has 0 N–H and O–H groups in total. The van der Waals surface area contributed by atoms with Gasteiger partial charge in [-0.2, -0.15) is 0 Å². The highest BCUT2D eigenvalue weighted by Crippen LogP contribution is 2.26. The van der Waals surface area contributed by atoms with Gasteiger partial charge in [0.25, 0.3) is 0 Å². The number of hydrogen-bond donors (Lipinski definition) is 0. The first-order chi connectivity index (χ1) is 7.19. The van der Waals surface area contributed by atoms with Gasteiger partial charge in [0.2, 0.25) is 5.88 Å². The van der Waals surface area contributed by atoms with Gasteiger partial charge in [-0.3, -0.25) is 0 Å². The summed E-state index contributed by atoms with van der Waals surface area (Å²) in [6.45, 7) is 6.73. The van der Waals surface area contributed by atoms with Gasteiger partial charge in [0.05, 0.1) is 6.61 Å². The molecule has 0 aromatic carbocycles. The summed E-state index contributed by atoms with van der Waals surface area (Å²) in [4.78, 5) is 4.45. The van der Waals surface area contributed by atoms with Gasteiger partial charge >= 0.3 is 0 Å². The maximum absolute atomic E-state index is 6.13. The zero-order valence-corrected chi connectivity index (χ0v) is 10.3. The Labute approximate surface area is 96.6 Å². The number of halogens is 1. The van der Waals surface area contributed by atoms with Crippen LogP contribution in [0.3, 0.4) is 0 Å². The first-order valence-corrected chi connectivity index (χ1v) is 5.86. The van der Waals surface area contributed by atoms with Crippen LogP contribution in [0, 0.1) is 0 Å². The van der Waals surface area contributed by atoms with Crippen molar-refractivity contribution in [3.05, 3.63) is 23.9 Å². The fourth-order valence-corrected chi connectivity index (χ4v) is 1.94. The summed E-state index contributed by atoms with van der Waals surface area (Å²) in [5.41, 5.74) is 1.02. The van der Waals surface area contributed by atoms with Gasteiger partial charge in [-0.1, -0.05) is 13.0 Å². The first kappa shape index (κ1) is 12.3. The highest BCUT2D eigenvalue weighted by Gasteiger charge is 2.16. The summed E-state index contributed by atoms with van der Waals surface area (Å²) < 4.78 is 5.37. The molecule has 15 heavy (non-hydrogen) atoms. The Kier molecular flexibility index (Phi) is 4.89. The molecule has 2 atom stereocenters. The molecule has 1 heterocycles. The molecule has 2 nitrogen and oxygen atoms in total. The molecule has 0 bridgehead atoms. The number of hydrogen-bond acceptors (Lipinski definition) is 2. The molecule has 2 unspecified atom stereocenters. The van der Waals surface area contributed by atoms with Crippen LogP contribution < -0.4 is 4.74 Å². The molecule has 1 aromatic rings. The van der Waals surface area contributed by atoms with Gasteiger partial charge in [-0.25, -0.2) is 4.98 Å². The second-order valence-electron chi connectivity index (χ2n) is 3.53. The molecule has 0 aliphatic rings. The lowest BCUT2D eigenvalue weighted by atomic mass is 9.98. The maximum Gasteiger partial charge on any atom is 0.213 e. The number of aromatic nitrogens is 1. The predicted molar refractivity (Wildman–Crippen MR) is 63.8 cm³/mol. The van der Waals surface area contributed by atoms with E-state index in [-0.39, 0.29) is 5.38 Å². The summed E-state index contributed by atoms with van der Waals surface area (Å²) in [7, 11) is 0. The smallest absolute Gasteiger partial charge is 0.213 e. The zero-order valence-electron chi connectivity index (χ0n) is 9.53. The van der Waals surface area contributed by atoms with Crippen molar-refractivity contribution in [2.45, 2.75) is 38.5 Å². The fraction of sp³-hybridized carbons (Fsp3) is 0.583. The van der Waals surface area contributed by atoms with Crippen LogP contribution in [0.5, 0.6) is 5.88 Å². The second-order valence-corrected chi connectivity index (χ2v) is 4.21. The van der Waals surface area contributed by atoms with E-state index in [0.29, 0.717) is 18.4 Å². The van der Waals surface area contributed by atoms with E-state index in [0.717, 1.165) is 12.1 Å². The van der Waals surface area contributed by atoms with Crippen molar-refractivity contribution in [2.24, 2.45) is 0 Å². The Morgan fingerprint density at radius 3 is 2.67 bits per heavy atom. The molecular weight excluding hydrogens is 210 g/mol. The summed E-state index contributed by atoms with van der Waals surface area (Å²) >= 11 is 6.13. The third kappa shape index (κ3) is 3.38. The molecule has 0 radical (unpaired) electrons. The van der Waals surface area contributed by atoms with Crippen molar-refractivity contribution >= 4 is 11.6 Å². The van der Waals surface area contributed by atoms with Crippen LogP contribution in [-0.4, -0.2) is 17.0 Å². The minimum Gasteiger partial charge on any atom is -0.478 e. The number of ether oxygens (including phenoxy) is 1. The van der Waals surface area contributed by atoms with Gasteiger partial charge < -0.3 is 4.74 Å². The molecule has 0 spiro atoms. The normalized spacial score (nSPS) is 14.7. The van der Waals surface area contributed by atoms with E-state index < -0.39 is 0 Å². The van der Waals surface area contributed by atoms with E-state index in [1.807, 2.05) is 32.0 Å². The molecule has 0 aliphatic heterocycles. The summed E-state index contributed by atoms with van der Waals surface area (Å²) in [6, 6.07) is 5.85. The molecule has 0 saturated carbocycles. The number of rotatable bonds is 5. The lowest BCUT2D eigenvalue weighted by Gasteiger charge is -2.17. The van der Waals surface area contributed by atoms with Crippen molar-refractivity contribution < 1.29 is 4.74 Å². The van der Waals surface area contributed by atoms with E-state index in [1.165, 1.54) is 0 Å². The Balaban J connectivity index is 2.87. The molecular formula is C12H18ClNO. The van der Waals surface area contributed by atoms with Crippen molar-refractivity contribution in [1.82, 2.24) is 4.98 Å². The van der Waals surface area contributed by atoms with Crippen molar-refractivity contribution in [2.75, 3.05) is 6.61 Å². The topological polar surface area (TPSA) is 22.1 Å². The van der Waals surface area contributed by atoms with Gasteiger partial charge in [-0.05, 0) is 26.3 Å². The van der Waals surface area contributed by atoms with E-state index in [4.69, 9.17) is 16.3 Å². The SMILES string of the molecule is CCOc1cccc(C(CC)C(C)Cl)n1. The summed E-state index contributed by atoms with van der Waals surface area (Å²) in [6.07, 6.45) is 0.993. The Morgan fingerprint density at radius 1 is 1.40 bits per heavy atom. The van der Waals surface area contributed by atoms with Gasteiger partial charge in [-0.15, -0.1) is 11.6 Å². The molecule has 0 amide bonds. The van der Waals surface area contributed by atoms with Gasteiger partial charge in [0.1, 0.15) is 0 Å². The van der Waals surface area contributed by atoms with Crippen LogP contribution in [0.25, 0.3) is 0 Å². The standard InChI is InChI=1S/C12H18ClNO/c1-4-10(9(3)13)11-7-6-8-12(14-11)15-5-2/h6-10H,4-5H2,1-3H3. The van der Waals surface area contributed by atoms with E-state index in [2.05, 4.69) is 11.9 Å². The average molecular weight is 228 g/mol. The second kappa shape index (κ2) is 5.96. The Hall–Kier alpha value is -0.760. The van der Waals surface area contributed by atoms with Crippen LogP contribution in [-0.2, 0) is 0 Å². The number of nitrogens with zero attached hydrogens (tertiary/aromatic N) is 1. The van der Waals surface area contributed by atoms with Crippen molar-refractivity contribution in [3.8, 4) is 5.88 Å². The van der Waals surface area contributed by atoms with Crippen molar-refractivity contribution in [3.63, 3.8) is 0 Å². The average Bonchev–Trinajstić information content (AvgIpc) is 2.19. The summed E-state index contributed by atoms with van der Waals surface area (Å²) in [5, 5.41) is 0.0966. The van der Waals surface area contributed by atoms with Crippen LogP contribution in [0.2, 0.25) is 0 Å². The van der Waals surface area contributed by atoms with Crippen LogP contribution in [0.1, 0.15) is 38.8 Å². The molecule has 84 valence electrons. The lowest BCUT2D eigenvalue weighted by molar-refractivity contribution is 0.325. The van der Waals surface area contributed by atoms with Gasteiger partial charge in [0.15, 0.2) is 0 Å². The van der Waals surface area contributed by atoms with E-state index >= 15 is 0 Å².